The second-order valence-electron chi connectivity index (χ2n) is 5.23. The fourth-order valence-electron chi connectivity index (χ4n) is 1.75. The van der Waals surface area contributed by atoms with Crippen molar-refractivity contribution >= 4 is 17.9 Å². The molecule has 6 heteroatoms. The molecule has 0 aliphatic heterocycles. The summed E-state index contributed by atoms with van der Waals surface area (Å²) in [5.41, 5.74) is 1.07. The van der Waals surface area contributed by atoms with Crippen LogP contribution in [0.3, 0.4) is 0 Å². The SMILES string of the molecule is C=C(C)C(=O)OC(CCC)C(=O)OC(=O)COCc1ccccc1. The maximum atomic E-state index is 11.9. The lowest BCUT2D eigenvalue weighted by Gasteiger charge is -2.15. The molecule has 0 spiro atoms. The highest BCUT2D eigenvalue weighted by Gasteiger charge is 2.26. The lowest BCUT2D eigenvalue weighted by Crippen LogP contribution is -2.32. The van der Waals surface area contributed by atoms with Crippen molar-refractivity contribution in [2.75, 3.05) is 6.61 Å². The summed E-state index contributed by atoms with van der Waals surface area (Å²) in [5, 5.41) is 0. The van der Waals surface area contributed by atoms with Gasteiger partial charge in [0.05, 0.1) is 6.61 Å². The van der Waals surface area contributed by atoms with Gasteiger partial charge >= 0.3 is 17.9 Å². The molecule has 1 rings (SSSR count). The molecule has 1 atom stereocenters. The number of carbonyl (C=O) groups excluding carboxylic acids is 3. The Hall–Kier alpha value is -2.47. The number of rotatable bonds is 9. The molecular formula is C18H22O6. The summed E-state index contributed by atoms with van der Waals surface area (Å²) in [4.78, 5) is 35.1. The molecule has 6 nitrogen and oxygen atoms in total. The van der Waals surface area contributed by atoms with Crippen LogP contribution in [0.25, 0.3) is 0 Å². The standard InChI is InChI=1S/C18H22O6/c1-4-8-15(23-17(20)13(2)3)18(21)24-16(19)12-22-11-14-9-6-5-7-10-14/h5-7,9-10,15H,2,4,8,11-12H2,1,3H3. The smallest absolute Gasteiger partial charge is 0.355 e. The molecule has 0 amide bonds. The molecule has 0 fully saturated rings. The monoisotopic (exact) mass is 334 g/mol. The van der Waals surface area contributed by atoms with Gasteiger partial charge in [0.15, 0.2) is 6.10 Å². The van der Waals surface area contributed by atoms with Crippen LogP contribution < -0.4 is 0 Å². The first kappa shape index (κ1) is 19.6. The Bertz CT molecular complexity index is 578. The molecule has 0 aliphatic carbocycles. The fraction of sp³-hybridized carbons (Fsp3) is 0.389. The van der Waals surface area contributed by atoms with Crippen molar-refractivity contribution in [3.63, 3.8) is 0 Å². The third-order valence-corrected chi connectivity index (χ3v) is 2.96. The molecule has 1 aromatic rings. The second kappa shape index (κ2) is 10.3. The van der Waals surface area contributed by atoms with Gasteiger partial charge in [-0.2, -0.15) is 0 Å². The van der Waals surface area contributed by atoms with E-state index in [1.165, 1.54) is 6.92 Å². The molecular weight excluding hydrogens is 312 g/mol. The second-order valence-corrected chi connectivity index (χ2v) is 5.23. The summed E-state index contributed by atoms with van der Waals surface area (Å²) in [5.74, 6) is -2.43. The third kappa shape index (κ3) is 7.19. The summed E-state index contributed by atoms with van der Waals surface area (Å²) < 4.78 is 14.8. The van der Waals surface area contributed by atoms with Crippen molar-refractivity contribution in [1.29, 1.82) is 0 Å². The molecule has 0 aromatic heterocycles. The molecule has 0 saturated carbocycles. The van der Waals surface area contributed by atoms with Crippen LogP contribution in [0.5, 0.6) is 0 Å². The van der Waals surface area contributed by atoms with E-state index in [1.807, 2.05) is 37.3 Å². The van der Waals surface area contributed by atoms with E-state index >= 15 is 0 Å². The zero-order chi connectivity index (χ0) is 17.9. The van der Waals surface area contributed by atoms with E-state index in [-0.39, 0.29) is 25.2 Å². The van der Waals surface area contributed by atoms with Gasteiger partial charge in [-0.25, -0.2) is 14.4 Å². The summed E-state index contributed by atoms with van der Waals surface area (Å²) in [6, 6.07) is 9.28. The van der Waals surface area contributed by atoms with E-state index in [2.05, 4.69) is 11.3 Å². The number of ether oxygens (including phenoxy) is 3. The van der Waals surface area contributed by atoms with Crippen LogP contribution in [0.15, 0.2) is 42.5 Å². The minimum Gasteiger partial charge on any atom is -0.447 e. The highest BCUT2D eigenvalue weighted by molar-refractivity contribution is 5.92. The van der Waals surface area contributed by atoms with E-state index in [9.17, 15) is 14.4 Å². The summed E-state index contributed by atoms with van der Waals surface area (Å²) >= 11 is 0. The molecule has 130 valence electrons. The van der Waals surface area contributed by atoms with Gasteiger partial charge in [-0.3, -0.25) is 0 Å². The Morgan fingerprint density at radius 2 is 1.83 bits per heavy atom. The van der Waals surface area contributed by atoms with Crippen LogP contribution in [0.4, 0.5) is 0 Å². The maximum absolute atomic E-state index is 11.9. The zero-order valence-corrected chi connectivity index (χ0v) is 13.9. The number of esters is 3. The highest BCUT2D eigenvalue weighted by Crippen LogP contribution is 2.08. The van der Waals surface area contributed by atoms with E-state index in [1.54, 1.807) is 0 Å². The van der Waals surface area contributed by atoms with Crippen LogP contribution >= 0.6 is 0 Å². The van der Waals surface area contributed by atoms with Crippen LogP contribution in [-0.4, -0.2) is 30.6 Å². The first-order valence-electron chi connectivity index (χ1n) is 7.66. The van der Waals surface area contributed by atoms with E-state index < -0.39 is 24.0 Å². The number of carbonyl (C=O) groups is 3. The number of benzene rings is 1. The predicted octanol–water partition coefficient (Wildman–Crippen LogP) is 2.56. The lowest BCUT2D eigenvalue weighted by atomic mass is 10.2. The zero-order valence-electron chi connectivity index (χ0n) is 13.9. The van der Waals surface area contributed by atoms with Gasteiger partial charge in [-0.15, -0.1) is 0 Å². The molecule has 1 aromatic carbocycles. The number of hydrogen-bond acceptors (Lipinski definition) is 6. The van der Waals surface area contributed by atoms with Gasteiger partial charge in [0.25, 0.3) is 0 Å². The van der Waals surface area contributed by atoms with Crippen molar-refractivity contribution in [1.82, 2.24) is 0 Å². The fourth-order valence-corrected chi connectivity index (χ4v) is 1.75. The Balaban J connectivity index is 2.43. The van der Waals surface area contributed by atoms with Crippen LogP contribution in [-0.2, 0) is 35.2 Å². The van der Waals surface area contributed by atoms with Crippen molar-refractivity contribution in [2.45, 2.75) is 39.4 Å². The molecule has 0 bridgehead atoms. The molecule has 0 heterocycles. The maximum Gasteiger partial charge on any atom is 0.355 e. The molecule has 0 radical (unpaired) electrons. The van der Waals surface area contributed by atoms with Crippen molar-refractivity contribution in [3.8, 4) is 0 Å². The van der Waals surface area contributed by atoms with Crippen molar-refractivity contribution in [2.24, 2.45) is 0 Å². The van der Waals surface area contributed by atoms with E-state index in [0.717, 1.165) is 5.56 Å². The van der Waals surface area contributed by atoms with Gasteiger partial charge in [0, 0.05) is 5.57 Å². The van der Waals surface area contributed by atoms with Gasteiger partial charge in [-0.1, -0.05) is 50.3 Å². The van der Waals surface area contributed by atoms with Crippen LogP contribution in [0, 0.1) is 0 Å². The van der Waals surface area contributed by atoms with Gasteiger partial charge in [0.2, 0.25) is 0 Å². The first-order chi connectivity index (χ1) is 11.4. The van der Waals surface area contributed by atoms with Gasteiger partial charge < -0.3 is 14.2 Å². The van der Waals surface area contributed by atoms with Crippen LogP contribution in [0.1, 0.15) is 32.3 Å². The van der Waals surface area contributed by atoms with Crippen molar-refractivity contribution in [3.05, 3.63) is 48.0 Å². The molecule has 1 unspecified atom stereocenters. The Morgan fingerprint density at radius 1 is 1.17 bits per heavy atom. The molecule has 0 saturated heterocycles. The Kier molecular flexibility index (Phi) is 8.43. The predicted molar refractivity (Wildman–Crippen MR) is 86.8 cm³/mol. The Morgan fingerprint density at radius 3 is 2.42 bits per heavy atom. The summed E-state index contributed by atoms with van der Waals surface area (Å²) in [6.07, 6.45) is -0.282. The van der Waals surface area contributed by atoms with E-state index in [4.69, 9.17) is 9.47 Å². The lowest BCUT2D eigenvalue weighted by molar-refractivity contribution is -0.175. The average molecular weight is 334 g/mol. The largest absolute Gasteiger partial charge is 0.447 e. The van der Waals surface area contributed by atoms with Crippen LogP contribution in [0.2, 0.25) is 0 Å². The van der Waals surface area contributed by atoms with Crippen molar-refractivity contribution < 1.29 is 28.6 Å². The average Bonchev–Trinajstić information content (AvgIpc) is 2.55. The minimum atomic E-state index is -1.13. The van der Waals surface area contributed by atoms with E-state index in [0.29, 0.717) is 6.42 Å². The van der Waals surface area contributed by atoms with Gasteiger partial charge in [0.1, 0.15) is 6.61 Å². The molecule has 0 aliphatic rings. The minimum absolute atomic E-state index is 0.168. The third-order valence-electron chi connectivity index (χ3n) is 2.96. The summed E-state index contributed by atoms with van der Waals surface area (Å²) in [6.45, 7) is 6.60. The Labute approximate surface area is 141 Å². The summed E-state index contributed by atoms with van der Waals surface area (Å²) in [7, 11) is 0. The highest BCUT2D eigenvalue weighted by atomic mass is 16.6. The quantitative estimate of drug-likeness (QED) is 0.392. The molecule has 24 heavy (non-hydrogen) atoms. The normalized spacial score (nSPS) is 11.4. The first-order valence-corrected chi connectivity index (χ1v) is 7.66. The van der Waals surface area contributed by atoms with Gasteiger partial charge in [-0.05, 0) is 18.9 Å². The number of hydrogen-bond donors (Lipinski definition) is 0. The topological polar surface area (TPSA) is 78.9 Å². The molecule has 0 N–H and O–H groups in total.